The number of nitrogens with two attached hydrogens (primary N) is 1. The van der Waals surface area contributed by atoms with Crippen LogP contribution in [0, 0.1) is 11.8 Å². The normalized spacial score (nSPS) is 25.3. The van der Waals surface area contributed by atoms with Crippen LogP contribution in [0.25, 0.3) is 0 Å². The van der Waals surface area contributed by atoms with Crippen LogP contribution in [0.15, 0.2) is 23.1 Å². The van der Waals surface area contributed by atoms with Gasteiger partial charge >= 0.3 is 0 Å². The van der Waals surface area contributed by atoms with E-state index in [0.29, 0.717) is 12.2 Å². The van der Waals surface area contributed by atoms with E-state index in [1.807, 2.05) is 0 Å². The van der Waals surface area contributed by atoms with Gasteiger partial charge in [0.15, 0.2) is 0 Å². The molecule has 2 amide bonds. The fourth-order valence-corrected chi connectivity index (χ4v) is 3.21. The van der Waals surface area contributed by atoms with Crippen molar-refractivity contribution in [1.82, 2.24) is 9.47 Å². The summed E-state index contributed by atoms with van der Waals surface area (Å²) in [5, 5.41) is 0. The molecule has 1 aromatic rings. The first-order chi connectivity index (χ1) is 9.58. The zero-order valence-electron chi connectivity index (χ0n) is 11.1. The first kappa shape index (κ1) is 12.9. The lowest BCUT2D eigenvalue weighted by Gasteiger charge is -2.16. The zero-order valence-corrected chi connectivity index (χ0v) is 11.1. The van der Waals surface area contributed by atoms with Crippen LogP contribution < -0.4 is 11.3 Å². The average molecular weight is 275 g/mol. The van der Waals surface area contributed by atoms with Gasteiger partial charge in [-0.05, 0) is 18.9 Å². The number of amides is 2. The number of likely N-dealkylation sites (tertiary alicyclic amines) is 1. The number of nitrogens with zero attached hydrogens (tertiary/aromatic N) is 2. The number of hydrogen-bond acceptors (Lipinski definition) is 4. The van der Waals surface area contributed by atoms with E-state index in [1.165, 1.54) is 27.8 Å². The molecule has 0 bridgehead atoms. The molecule has 0 spiro atoms. The maximum Gasteiger partial charge on any atom is 0.250 e. The average Bonchev–Trinajstić information content (AvgIpc) is 2.98. The summed E-state index contributed by atoms with van der Waals surface area (Å²) < 4.78 is 1.43. The van der Waals surface area contributed by atoms with Gasteiger partial charge in [-0.25, -0.2) is 0 Å². The van der Waals surface area contributed by atoms with Crippen molar-refractivity contribution in [2.24, 2.45) is 11.8 Å². The molecule has 20 heavy (non-hydrogen) atoms. The number of imide groups is 1. The highest BCUT2D eigenvalue weighted by Crippen LogP contribution is 2.39. The molecule has 3 rings (SSSR count). The third-order valence-corrected chi connectivity index (χ3v) is 4.25. The van der Waals surface area contributed by atoms with E-state index in [2.05, 4.69) is 0 Å². The number of fused-ring (bicyclic) bond motifs is 1. The summed E-state index contributed by atoms with van der Waals surface area (Å²) in [6.45, 7) is 0.537. The summed E-state index contributed by atoms with van der Waals surface area (Å²) in [5.74, 6) is -0.399. The van der Waals surface area contributed by atoms with E-state index >= 15 is 0 Å². The molecule has 2 N–H and O–H groups in total. The van der Waals surface area contributed by atoms with Gasteiger partial charge in [0.05, 0.1) is 11.8 Å². The summed E-state index contributed by atoms with van der Waals surface area (Å²) >= 11 is 0. The first-order valence-corrected chi connectivity index (χ1v) is 6.89. The van der Waals surface area contributed by atoms with Crippen LogP contribution in [0.4, 0.5) is 5.69 Å². The molecule has 2 aliphatic rings. The Morgan fingerprint density at radius 3 is 2.35 bits per heavy atom. The number of carbonyl (C=O) groups is 2. The molecule has 0 aromatic carbocycles. The Labute approximate surface area is 116 Å². The maximum absolute atomic E-state index is 12.2. The fourth-order valence-electron chi connectivity index (χ4n) is 3.21. The Balaban J connectivity index is 1.73. The molecule has 1 saturated carbocycles. The van der Waals surface area contributed by atoms with Gasteiger partial charge in [0, 0.05) is 31.0 Å². The molecule has 0 radical (unpaired) electrons. The Morgan fingerprint density at radius 1 is 1.05 bits per heavy atom. The summed E-state index contributed by atoms with van der Waals surface area (Å²) in [4.78, 5) is 37.3. The second kappa shape index (κ2) is 4.77. The van der Waals surface area contributed by atoms with Crippen LogP contribution in [-0.4, -0.2) is 27.8 Å². The highest BCUT2D eigenvalue weighted by molar-refractivity contribution is 6.05. The van der Waals surface area contributed by atoms with Gasteiger partial charge in [-0.15, -0.1) is 0 Å². The number of nitrogen functional groups attached to an aromatic ring is 1. The summed E-state index contributed by atoms with van der Waals surface area (Å²) in [6, 6.07) is 2.92. The van der Waals surface area contributed by atoms with E-state index < -0.39 is 0 Å². The molecule has 2 atom stereocenters. The highest BCUT2D eigenvalue weighted by Gasteiger charge is 2.49. The quantitative estimate of drug-likeness (QED) is 0.799. The second-order valence-electron chi connectivity index (χ2n) is 5.47. The molecule has 2 fully saturated rings. The van der Waals surface area contributed by atoms with E-state index in [-0.39, 0.29) is 35.8 Å². The minimum Gasteiger partial charge on any atom is -0.398 e. The molecule has 1 saturated heterocycles. The molecular formula is C14H17N3O3. The van der Waals surface area contributed by atoms with E-state index in [9.17, 15) is 14.4 Å². The Hall–Kier alpha value is -2.11. The van der Waals surface area contributed by atoms with Gasteiger partial charge in [-0.3, -0.25) is 19.3 Å². The zero-order chi connectivity index (χ0) is 14.3. The Kier molecular flexibility index (Phi) is 3.08. The molecule has 1 aliphatic heterocycles. The third kappa shape index (κ3) is 2.01. The number of carbonyl (C=O) groups excluding carboxylic acids is 2. The van der Waals surface area contributed by atoms with E-state index in [0.717, 1.165) is 19.3 Å². The number of aromatic nitrogens is 1. The molecule has 2 unspecified atom stereocenters. The minimum atomic E-state index is -0.182. The van der Waals surface area contributed by atoms with Gasteiger partial charge in [-0.2, -0.15) is 0 Å². The predicted octanol–water partition coefficient (Wildman–Crippen LogP) is 0.216. The maximum atomic E-state index is 12.2. The number of rotatable bonds is 3. The topological polar surface area (TPSA) is 85.4 Å². The largest absolute Gasteiger partial charge is 0.398 e. The van der Waals surface area contributed by atoms with Crippen LogP contribution >= 0.6 is 0 Å². The SMILES string of the molecule is Nc1ccc(=O)n(CCN2C(=O)C3CCCC3C2=O)c1. The van der Waals surface area contributed by atoms with Gasteiger partial charge in [0.2, 0.25) is 11.8 Å². The van der Waals surface area contributed by atoms with Crippen molar-refractivity contribution >= 4 is 17.5 Å². The molecule has 2 heterocycles. The van der Waals surface area contributed by atoms with Crippen LogP contribution in [0.5, 0.6) is 0 Å². The van der Waals surface area contributed by atoms with Crippen molar-refractivity contribution in [1.29, 1.82) is 0 Å². The summed E-state index contributed by atoms with van der Waals surface area (Å²) in [7, 11) is 0. The number of hydrogen-bond donors (Lipinski definition) is 1. The smallest absolute Gasteiger partial charge is 0.250 e. The first-order valence-electron chi connectivity index (χ1n) is 6.89. The molecule has 1 aliphatic carbocycles. The predicted molar refractivity (Wildman–Crippen MR) is 72.7 cm³/mol. The van der Waals surface area contributed by atoms with E-state index in [1.54, 1.807) is 0 Å². The fraction of sp³-hybridized carbons (Fsp3) is 0.500. The lowest BCUT2D eigenvalue weighted by atomic mass is 10.00. The monoisotopic (exact) mass is 275 g/mol. The molecular weight excluding hydrogens is 258 g/mol. The summed E-state index contributed by atoms with van der Waals surface area (Å²) in [5.41, 5.74) is 5.94. The standard InChI is InChI=1S/C14H17N3O3/c15-9-4-5-12(18)16(8-9)6-7-17-13(19)10-2-1-3-11(10)14(17)20/h4-5,8,10-11H,1-3,6-7,15H2. The van der Waals surface area contributed by atoms with Crippen LogP contribution in [0.2, 0.25) is 0 Å². The van der Waals surface area contributed by atoms with Crippen LogP contribution in [0.1, 0.15) is 19.3 Å². The van der Waals surface area contributed by atoms with Crippen molar-refractivity contribution in [3.63, 3.8) is 0 Å². The van der Waals surface area contributed by atoms with Gasteiger partial charge < -0.3 is 10.3 Å². The molecule has 1 aromatic heterocycles. The molecule has 106 valence electrons. The molecule has 6 nitrogen and oxygen atoms in total. The Bertz CT molecular complexity index is 600. The Morgan fingerprint density at radius 2 is 1.70 bits per heavy atom. The van der Waals surface area contributed by atoms with Crippen LogP contribution in [0.3, 0.4) is 0 Å². The number of pyridine rings is 1. The highest BCUT2D eigenvalue weighted by atomic mass is 16.2. The third-order valence-electron chi connectivity index (χ3n) is 4.25. The molecule has 6 heteroatoms. The number of anilines is 1. The lowest BCUT2D eigenvalue weighted by molar-refractivity contribution is -0.140. The summed E-state index contributed by atoms with van der Waals surface area (Å²) in [6.07, 6.45) is 4.11. The van der Waals surface area contributed by atoms with Crippen molar-refractivity contribution in [3.8, 4) is 0 Å². The van der Waals surface area contributed by atoms with Crippen LogP contribution in [-0.2, 0) is 16.1 Å². The lowest BCUT2D eigenvalue weighted by Crippen LogP contribution is -2.36. The van der Waals surface area contributed by atoms with E-state index in [4.69, 9.17) is 5.73 Å². The van der Waals surface area contributed by atoms with Gasteiger partial charge in [0.1, 0.15) is 0 Å². The van der Waals surface area contributed by atoms with Crippen molar-refractivity contribution < 1.29 is 9.59 Å². The second-order valence-corrected chi connectivity index (χ2v) is 5.47. The van der Waals surface area contributed by atoms with Gasteiger partial charge in [0.25, 0.3) is 5.56 Å². The van der Waals surface area contributed by atoms with Crippen molar-refractivity contribution in [3.05, 3.63) is 28.7 Å². The van der Waals surface area contributed by atoms with Crippen molar-refractivity contribution in [2.75, 3.05) is 12.3 Å². The van der Waals surface area contributed by atoms with Crippen molar-refractivity contribution in [2.45, 2.75) is 25.8 Å². The minimum absolute atomic E-state index is 0.0746. The van der Waals surface area contributed by atoms with Gasteiger partial charge in [-0.1, -0.05) is 6.42 Å².